The minimum atomic E-state index is -1.62. The van der Waals surface area contributed by atoms with Crippen molar-refractivity contribution in [3.63, 3.8) is 0 Å². The Kier molecular flexibility index (Phi) is 1.38. The number of alkyl halides is 4. The van der Waals surface area contributed by atoms with Gasteiger partial charge in [-0.3, -0.25) is 0 Å². The summed E-state index contributed by atoms with van der Waals surface area (Å²) in [5.74, 6) is -2.28. The van der Waals surface area contributed by atoms with E-state index < -0.39 is 46.3 Å². The molecule has 0 aromatic heterocycles. The number of hydrogen-bond acceptors (Lipinski definition) is 0. The molecular formula is C14H16F4. The normalized spacial score (nSPS) is 75.3. The molecule has 7 saturated carbocycles. The van der Waals surface area contributed by atoms with Crippen LogP contribution in [0.1, 0.15) is 38.5 Å². The molecule has 8 bridgehead atoms. The van der Waals surface area contributed by atoms with E-state index in [9.17, 15) is 8.78 Å². The summed E-state index contributed by atoms with van der Waals surface area (Å²) >= 11 is 0. The summed E-state index contributed by atoms with van der Waals surface area (Å²) in [7, 11) is 0. The second-order valence-corrected chi connectivity index (χ2v) is 7.75. The Morgan fingerprint density at radius 1 is 0.556 bits per heavy atom. The number of hydrogen-bond donors (Lipinski definition) is 0. The molecule has 0 aromatic rings. The van der Waals surface area contributed by atoms with E-state index in [-0.39, 0.29) is 38.5 Å². The van der Waals surface area contributed by atoms with Crippen molar-refractivity contribution in [2.75, 3.05) is 0 Å². The molecule has 7 fully saturated rings. The van der Waals surface area contributed by atoms with Gasteiger partial charge in [-0.1, -0.05) is 0 Å². The molecule has 0 amide bonds. The van der Waals surface area contributed by atoms with Crippen molar-refractivity contribution in [2.24, 2.45) is 23.7 Å². The van der Waals surface area contributed by atoms with Crippen LogP contribution in [-0.2, 0) is 0 Å². The maximum Gasteiger partial charge on any atom is 0.120 e. The minimum Gasteiger partial charge on any atom is -0.244 e. The summed E-state index contributed by atoms with van der Waals surface area (Å²) < 4.78 is 59.6. The van der Waals surface area contributed by atoms with Gasteiger partial charge in [0.25, 0.3) is 0 Å². The zero-order valence-corrected chi connectivity index (χ0v) is 10.1. The average Bonchev–Trinajstić information content (AvgIpc) is 2.23. The molecule has 18 heavy (non-hydrogen) atoms. The van der Waals surface area contributed by atoms with Crippen molar-refractivity contribution in [3.8, 4) is 0 Å². The van der Waals surface area contributed by atoms with Gasteiger partial charge in [-0.15, -0.1) is 0 Å². The van der Waals surface area contributed by atoms with Gasteiger partial charge in [0.1, 0.15) is 22.7 Å². The maximum absolute atomic E-state index is 15.2. The first-order chi connectivity index (χ1) is 8.28. The molecule has 0 aromatic carbocycles. The molecule has 0 nitrogen and oxygen atoms in total. The van der Waals surface area contributed by atoms with Gasteiger partial charge in [0, 0.05) is 36.5 Å². The van der Waals surface area contributed by atoms with Gasteiger partial charge in [0.2, 0.25) is 0 Å². The lowest BCUT2D eigenvalue weighted by Crippen LogP contribution is -2.80. The summed E-state index contributed by atoms with van der Waals surface area (Å²) in [6.07, 6.45) is 0.291. The molecule has 0 aliphatic heterocycles. The molecule has 7 rings (SSSR count). The van der Waals surface area contributed by atoms with Gasteiger partial charge in [0.15, 0.2) is 0 Å². The molecule has 0 N–H and O–H groups in total. The Labute approximate surface area is 103 Å². The lowest BCUT2D eigenvalue weighted by molar-refractivity contribution is -0.339. The highest BCUT2D eigenvalue weighted by Crippen LogP contribution is 2.78. The smallest absolute Gasteiger partial charge is 0.120 e. The van der Waals surface area contributed by atoms with E-state index in [1.54, 1.807) is 0 Å². The first kappa shape index (κ1) is 10.5. The lowest BCUT2D eigenvalue weighted by atomic mass is 9.32. The molecular weight excluding hydrogens is 244 g/mol. The minimum absolute atomic E-state index is 0.103. The zero-order chi connectivity index (χ0) is 12.6. The van der Waals surface area contributed by atoms with Crippen LogP contribution in [0.5, 0.6) is 0 Å². The summed E-state index contributed by atoms with van der Waals surface area (Å²) in [5, 5.41) is 0. The van der Waals surface area contributed by atoms with Crippen LogP contribution in [0.15, 0.2) is 0 Å². The highest BCUT2D eigenvalue weighted by atomic mass is 19.2. The Balaban J connectivity index is 1.76. The van der Waals surface area contributed by atoms with Crippen LogP contribution < -0.4 is 0 Å². The van der Waals surface area contributed by atoms with Gasteiger partial charge in [-0.05, 0) is 25.7 Å². The largest absolute Gasteiger partial charge is 0.244 e. The highest BCUT2D eigenvalue weighted by Gasteiger charge is 2.82. The molecule has 0 spiro atoms. The Morgan fingerprint density at radius 3 is 1.11 bits per heavy atom. The first-order valence-electron chi connectivity index (χ1n) is 7.04. The van der Waals surface area contributed by atoms with E-state index in [1.807, 2.05) is 0 Å². The average molecular weight is 260 g/mol. The maximum atomic E-state index is 15.2. The fourth-order valence-electron chi connectivity index (χ4n) is 6.66. The molecule has 0 radical (unpaired) electrons. The van der Waals surface area contributed by atoms with Gasteiger partial charge in [-0.25, -0.2) is 17.6 Å². The molecule has 4 heteroatoms. The molecule has 7 aliphatic rings. The summed E-state index contributed by atoms with van der Waals surface area (Å²) in [5.41, 5.74) is -6.26. The van der Waals surface area contributed by atoms with Crippen molar-refractivity contribution < 1.29 is 17.6 Å². The van der Waals surface area contributed by atoms with Crippen LogP contribution in [0.25, 0.3) is 0 Å². The second kappa shape index (κ2) is 2.37. The fourth-order valence-corrected chi connectivity index (χ4v) is 6.66. The van der Waals surface area contributed by atoms with Crippen molar-refractivity contribution in [1.29, 1.82) is 0 Å². The third-order valence-corrected chi connectivity index (χ3v) is 6.96. The Morgan fingerprint density at radius 2 is 0.833 bits per heavy atom. The molecule has 7 aliphatic carbocycles. The van der Waals surface area contributed by atoms with Crippen LogP contribution in [-0.4, -0.2) is 22.7 Å². The van der Waals surface area contributed by atoms with Gasteiger partial charge >= 0.3 is 0 Å². The monoisotopic (exact) mass is 260 g/mol. The summed E-state index contributed by atoms with van der Waals surface area (Å²) in [4.78, 5) is 0. The Hall–Kier alpha value is -0.280. The van der Waals surface area contributed by atoms with Crippen LogP contribution in [0.4, 0.5) is 17.6 Å². The predicted octanol–water partition coefficient (Wildman–Crippen LogP) is 3.69. The van der Waals surface area contributed by atoms with E-state index in [0.717, 1.165) is 0 Å². The third kappa shape index (κ3) is 0.839. The molecule has 4 unspecified atom stereocenters. The van der Waals surface area contributed by atoms with E-state index >= 15 is 8.78 Å². The second-order valence-electron chi connectivity index (χ2n) is 7.75. The van der Waals surface area contributed by atoms with Gasteiger partial charge < -0.3 is 0 Å². The molecule has 0 heterocycles. The number of rotatable bonds is 0. The highest BCUT2D eigenvalue weighted by molar-refractivity contribution is 5.31. The van der Waals surface area contributed by atoms with Crippen LogP contribution in [0.3, 0.4) is 0 Å². The van der Waals surface area contributed by atoms with Crippen molar-refractivity contribution in [3.05, 3.63) is 0 Å². The van der Waals surface area contributed by atoms with Crippen LogP contribution >= 0.6 is 0 Å². The van der Waals surface area contributed by atoms with Gasteiger partial charge in [0.05, 0.1) is 0 Å². The van der Waals surface area contributed by atoms with Crippen molar-refractivity contribution in [2.45, 2.75) is 61.2 Å². The van der Waals surface area contributed by atoms with Crippen LogP contribution in [0.2, 0.25) is 0 Å². The zero-order valence-electron chi connectivity index (χ0n) is 10.1. The van der Waals surface area contributed by atoms with Crippen molar-refractivity contribution >= 4 is 0 Å². The van der Waals surface area contributed by atoms with Crippen molar-refractivity contribution in [1.82, 2.24) is 0 Å². The van der Waals surface area contributed by atoms with E-state index in [1.165, 1.54) is 0 Å². The van der Waals surface area contributed by atoms with Gasteiger partial charge in [-0.2, -0.15) is 0 Å². The predicted molar refractivity (Wildman–Crippen MR) is 57.0 cm³/mol. The first-order valence-corrected chi connectivity index (χ1v) is 7.04. The van der Waals surface area contributed by atoms with Crippen LogP contribution in [0, 0.1) is 23.7 Å². The summed E-state index contributed by atoms with van der Waals surface area (Å²) in [6.45, 7) is 0. The third-order valence-electron chi connectivity index (χ3n) is 6.96. The molecule has 4 atom stereocenters. The standard InChI is InChI=1S/C14H16F4/c15-11-1-7-8-3-12(16)4-10(14(8,18)5-11)9(2-11)13(7,17)6-12/h7-10H,1-6H2. The SMILES string of the molecule is FC12CC3C4CC5(F)CC(C(C1)C3(F)C5)C4(F)C2. The lowest BCUT2D eigenvalue weighted by Gasteiger charge is -2.75. The number of halogens is 4. The van der Waals surface area contributed by atoms with E-state index in [0.29, 0.717) is 0 Å². The molecule has 0 saturated heterocycles. The summed E-state index contributed by atoms with van der Waals surface area (Å²) in [6, 6.07) is 0. The molecule has 100 valence electrons. The fraction of sp³-hybridized carbons (Fsp3) is 1.00. The quantitative estimate of drug-likeness (QED) is 0.583. The van der Waals surface area contributed by atoms with E-state index in [2.05, 4.69) is 0 Å². The Bertz CT molecular complexity index is 393. The van der Waals surface area contributed by atoms with E-state index in [4.69, 9.17) is 0 Å². The topological polar surface area (TPSA) is 0 Å².